The van der Waals surface area contributed by atoms with Crippen molar-refractivity contribution in [1.82, 2.24) is 0 Å². The quantitative estimate of drug-likeness (QED) is 0.731. The smallest absolute Gasteiger partial charge is 0.167 e. The van der Waals surface area contributed by atoms with Gasteiger partial charge in [-0.1, -0.05) is 44.9 Å². The van der Waals surface area contributed by atoms with E-state index in [4.69, 9.17) is 0 Å². The van der Waals surface area contributed by atoms with Gasteiger partial charge in [0.15, 0.2) is 5.78 Å². The van der Waals surface area contributed by atoms with Crippen LogP contribution in [0.2, 0.25) is 0 Å². The second-order valence-corrected chi connectivity index (χ2v) is 5.64. The number of hydrogen-bond donors (Lipinski definition) is 1. The Bertz CT molecular complexity index is 233. The third-order valence-electron chi connectivity index (χ3n) is 4.37. The Morgan fingerprint density at radius 3 is 1.94 bits per heavy atom. The molecule has 0 amide bonds. The standard InChI is InChI=1S/C14H24O2/c15-13(12-8-4-1-2-5-9-12)14(16)10-6-3-7-11-14/h12,16H,1-11H2. The van der Waals surface area contributed by atoms with E-state index < -0.39 is 5.60 Å². The van der Waals surface area contributed by atoms with Gasteiger partial charge in [0.2, 0.25) is 0 Å². The normalized spacial score (nSPS) is 27.3. The van der Waals surface area contributed by atoms with Crippen molar-refractivity contribution in [2.24, 2.45) is 5.92 Å². The van der Waals surface area contributed by atoms with E-state index in [9.17, 15) is 9.90 Å². The van der Waals surface area contributed by atoms with Crippen LogP contribution in [0.15, 0.2) is 0 Å². The molecule has 0 heterocycles. The Labute approximate surface area is 98.4 Å². The van der Waals surface area contributed by atoms with Crippen LogP contribution < -0.4 is 0 Å². The Hall–Kier alpha value is -0.370. The molecule has 2 rings (SSSR count). The van der Waals surface area contributed by atoms with Gasteiger partial charge in [0, 0.05) is 5.92 Å². The molecule has 2 heteroatoms. The molecule has 1 N–H and O–H groups in total. The van der Waals surface area contributed by atoms with Gasteiger partial charge in [0.05, 0.1) is 0 Å². The number of rotatable bonds is 2. The van der Waals surface area contributed by atoms with Crippen LogP contribution in [0, 0.1) is 5.92 Å². The minimum Gasteiger partial charge on any atom is -0.382 e. The van der Waals surface area contributed by atoms with E-state index in [1.54, 1.807) is 0 Å². The summed E-state index contributed by atoms with van der Waals surface area (Å²) in [4.78, 5) is 12.4. The van der Waals surface area contributed by atoms with E-state index in [-0.39, 0.29) is 11.7 Å². The molecule has 0 aromatic heterocycles. The monoisotopic (exact) mass is 224 g/mol. The van der Waals surface area contributed by atoms with Crippen LogP contribution in [-0.4, -0.2) is 16.5 Å². The summed E-state index contributed by atoms with van der Waals surface area (Å²) in [6.07, 6.45) is 11.6. The molecule has 0 spiro atoms. The molecular weight excluding hydrogens is 200 g/mol. The zero-order chi connectivity index (χ0) is 11.4. The lowest BCUT2D eigenvalue weighted by molar-refractivity contribution is -0.145. The number of hydrogen-bond acceptors (Lipinski definition) is 2. The molecule has 2 saturated carbocycles. The number of ketones is 1. The van der Waals surface area contributed by atoms with Crippen LogP contribution in [0.3, 0.4) is 0 Å². The summed E-state index contributed by atoms with van der Waals surface area (Å²) >= 11 is 0. The van der Waals surface area contributed by atoms with Crippen molar-refractivity contribution in [2.75, 3.05) is 0 Å². The number of carbonyl (C=O) groups excluding carboxylic acids is 1. The maximum atomic E-state index is 12.4. The molecule has 0 atom stereocenters. The molecule has 2 fully saturated rings. The fraction of sp³-hybridized carbons (Fsp3) is 0.929. The number of carbonyl (C=O) groups is 1. The van der Waals surface area contributed by atoms with Crippen LogP contribution >= 0.6 is 0 Å². The van der Waals surface area contributed by atoms with E-state index in [0.29, 0.717) is 12.8 Å². The first-order valence-electron chi connectivity index (χ1n) is 6.99. The third kappa shape index (κ3) is 2.65. The van der Waals surface area contributed by atoms with Gasteiger partial charge in [0.1, 0.15) is 5.60 Å². The van der Waals surface area contributed by atoms with Crippen molar-refractivity contribution in [3.63, 3.8) is 0 Å². The molecule has 0 unspecified atom stereocenters. The van der Waals surface area contributed by atoms with Gasteiger partial charge in [-0.25, -0.2) is 0 Å². The van der Waals surface area contributed by atoms with Crippen molar-refractivity contribution in [3.8, 4) is 0 Å². The van der Waals surface area contributed by atoms with Crippen LogP contribution in [-0.2, 0) is 4.79 Å². The summed E-state index contributed by atoms with van der Waals surface area (Å²) in [7, 11) is 0. The Balaban J connectivity index is 1.98. The highest BCUT2D eigenvalue weighted by molar-refractivity contribution is 5.89. The van der Waals surface area contributed by atoms with Gasteiger partial charge in [0.25, 0.3) is 0 Å². The predicted octanol–water partition coefficient (Wildman–Crippen LogP) is 3.22. The first kappa shape index (κ1) is 12.1. The van der Waals surface area contributed by atoms with E-state index in [1.165, 1.54) is 32.1 Å². The molecule has 2 aliphatic rings. The Kier molecular flexibility index (Phi) is 4.01. The van der Waals surface area contributed by atoms with Gasteiger partial charge in [-0.2, -0.15) is 0 Å². The van der Waals surface area contributed by atoms with E-state index >= 15 is 0 Å². The minimum absolute atomic E-state index is 0.158. The molecule has 0 aromatic carbocycles. The molecule has 2 aliphatic carbocycles. The largest absolute Gasteiger partial charge is 0.382 e. The van der Waals surface area contributed by atoms with Crippen LogP contribution in [0.5, 0.6) is 0 Å². The second kappa shape index (κ2) is 5.31. The van der Waals surface area contributed by atoms with E-state index in [2.05, 4.69) is 0 Å². The van der Waals surface area contributed by atoms with Crippen molar-refractivity contribution in [1.29, 1.82) is 0 Å². The van der Waals surface area contributed by atoms with Crippen LogP contribution in [0.1, 0.15) is 70.6 Å². The highest BCUT2D eigenvalue weighted by atomic mass is 16.3. The molecule has 2 nitrogen and oxygen atoms in total. The lowest BCUT2D eigenvalue weighted by Crippen LogP contribution is -2.44. The Morgan fingerprint density at radius 2 is 1.38 bits per heavy atom. The average Bonchev–Trinajstić information content (AvgIpc) is 2.57. The molecule has 0 aliphatic heterocycles. The predicted molar refractivity (Wildman–Crippen MR) is 64.2 cm³/mol. The van der Waals surface area contributed by atoms with Crippen LogP contribution in [0.25, 0.3) is 0 Å². The van der Waals surface area contributed by atoms with Crippen molar-refractivity contribution in [2.45, 2.75) is 76.2 Å². The van der Waals surface area contributed by atoms with Gasteiger partial charge in [-0.15, -0.1) is 0 Å². The minimum atomic E-state index is -0.951. The maximum absolute atomic E-state index is 12.4. The molecule has 92 valence electrons. The first-order chi connectivity index (χ1) is 7.72. The van der Waals surface area contributed by atoms with E-state index in [0.717, 1.165) is 25.7 Å². The first-order valence-corrected chi connectivity index (χ1v) is 6.99. The number of Topliss-reactive ketones (excluding diaryl/α,β-unsaturated/α-hetero) is 1. The lowest BCUT2D eigenvalue weighted by Gasteiger charge is -2.33. The summed E-state index contributed by atoms with van der Waals surface area (Å²) in [5.74, 6) is 0.333. The van der Waals surface area contributed by atoms with Gasteiger partial charge in [-0.3, -0.25) is 4.79 Å². The average molecular weight is 224 g/mol. The van der Waals surface area contributed by atoms with Crippen LogP contribution in [0.4, 0.5) is 0 Å². The molecule has 16 heavy (non-hydrogen) atoms. The SMILES string of the molecule is O=C(C1CCCCCC1)C1(O)CCCCC1. The second-order valence-electron chi connectivity index (χ2n) is 5.64. The Morgan fingerprint density at radius 1 is 0.875 bits per heavy atom. The van der Waals surface area contributed by atoms with E-state index in [1.807, 2.05) is 0 Å². The van der Waals surface area contributed by atoms with Gasteiger partial charge in [-0.05, 0) is 25.7 Å². The summed E-state index contributed by atoms with van der Waals surface area (Å²) in [5.41, 5.74) is -0.951. The summed E-state index contributed by atoms with van der Waals surface area (Å²) in [6.45, 7) is 0. The summed E-state index contributed by atoms with van der Waals surface area (Å²) in [6, 6.07) is 0. The molecule has 0 radical (unpaired) electrons. The topological polar surface area (TPSA) is 37.3 Å². The van der Waals surface area contributed by atoms with Crippen molar-refractivity contribution >= 4 is 5.78 Å². The fourth-order valence-corrected chi connectivity index (χ4v) is 3.30. The van der Waals surface area contributed by atoms with Gasteiger partial charge < -0.3 is 5.11 Å². The number of aliphatic hydroxyl groups is 1. The zero-order valence-corrected chi connectivity index (χ0v) is 10.2. The summed E-state index contributed by atoms with van der Waals surface area (Å²) < 4.78 is 0. The highest BCUT2D eigenvalue weighted by Crippen LogP contribution is 2.34. The van der Waals surface area contributed by atoms with Gasteiger partial charge >= 0.3 is 0 Å². The lowest BCUT2D eigenvalue weighted by atomic mass is 9.76. The fourth-order valence-electron chi connectivity index (χ4n) is 3.30. The molecule has 0 aromatic rings. The highest BCUT2D eigenvalue weighted by Gasteiger charge is 2.40. The molecular formula is C14H24O2. The zero-order valence-electron chi connectivity index (χ0n) is 10.2. The molecule has 0 saturated heterocycles. The third-order valence-corrected chi connectivity index (χ3v) is 4.37. The molecule has 0 bridgehead atoms. The maximum Gasteiger partial charge on any atom is 0.167 e. The van der Waals surface area contributed by atoms with Crippen molar-refractivity contribution < 1.29 is 9.90 Å². The van der Waals surface area contributed by atoms with Crippen molar-refractivity contribution in [3.05, 3.63) is 0 Å². The summed E-state index contributed by atoms with van der Waals surface area (Å²) in [5, 5.41) is 10.4.